The van der Waals surface area contributed by atoms with Gasteiger partial charge < -0.3 is 19.9 Å². The van der Waals surface area contributed by atoms with E-state index in [1.54, 1.807) is 27.7 Å². The fourth-order valence-electron chi connectivity index (χ4n) is 1.93. The van der Waals surface area contributed by atoms with Crippen molar-refractivity contribution < 1.29 is 24.2 Å². The molecule has 1 aliphatic heterocycles. The molecule has 1 heterocycles. The zero-order valence-electron chi connectivity index (χ0n) is 11.4. The number of nitrogens with one attached hydrogen (secondary N) is 1. The Morgan fingerprint density at radius 2 is 2.11 bits per heavy atom. The molecule has 0 aromatic heterocycles. The Bertz CT molecular complexity index is 345. The van der Waals surface area contributed by atoms with Crippen molar-refractivity contribution in [1.29, 1.82) is 0 Å². The Kier molecular flexibility index (Phi) is 3.90. The number of carbonyl (C=O) groups is 2. The van der Waals surface area contributed by atoms with E-state index in [1.165, 1.54) is 6.92 Å². The fraction of sp³-hybridized carbons (Fsp3) is 0.833. The van der Waals surface area contributed by atoms with Gasteiger partial charge in [0.2, 0.25) is 0 Å². The molecule has 2 N–H and O–H groups in total. The first-order chi connectivity index (χ1) is 8.01. The number of hydrogen-bond donors (Lipinski definition) is 2. The van der Waals surface area contributed by atoms with Gasteiger partial charge in [-0.05, 0) is 34.6 Å². The summed E-state index contributed by atoms with van der Waals surface area (Å²) in [5.41, 5.74) is -1.96. The molecule has 1 rings (SSSR count). The van der Waals surface area contributed by atoms with Gasteiger partial charge in [0.05, 0.1) is 18.1 Å². The van der Waals surface area contributed by atoms with Crippen molar-refractivity contribution in [1.82, 2.24) is 5.32 Å². The maximum Gasteiger partial charge on any atom is 0.408 e. The summed E-state index contributed by atoms with van der Waals surface area (Å²) in [6.45, 7) is 8.35. The van der Waals surface area contributed by atoms with Crippen molar-refractivity contribution in [3.05, 3.63) is 0 Å². The molecule has 0 spiro atoms. The third kappa shape index (κ3) is 3.87. The lowest BCUT2D eigenvalue weighted by Crippen LogP contribution is -2.61. The molecule has 1 amide bonds. The lowest BCUT2D eigenvalue weighted by atomic mass is 9.87. The van der Waals surface area contributed by atoms with Crippen molar-refractivity contribution in [2.24, 2.45) is 0 Å². The molecule has 0 aromatic rings. The minimum atomic E-state index is -1.34. The van der Waals surface area contributed by atoms with Crippen LogP contribution in [0.4, 0.5) is 4.79 Å². The van der Waals surface area contributed by atoms with Crippen molar-refractivity contribution >= 4 is 12.1 Å². The molecule has 0 unspecified atom stereocenters. The molecule has 1 saturated heterocycles. The summed E-state index contributed by atoms with van der Waals surface area (Å²) >= 11 is 0. The molecule has 1 aliphatic rings. The number of amides is 1. The maximum atomic E-state index is 11.7. The van der Waals surface area contributed by atoms with E-state index in [9.17, 15) is 14.7 Å². The molecule has 0 bridgehead atoms. The lowest BCUT2D eigenvalue weighted by molar-refractivity contribution is -0.172. The summed E-state index contributed by atoms with van der Waals surface area (Å²) in [5.74, 6) is -0.477. The summed E-state index contributed by atoms with van der Waals surface area (Å²) in [7, 11) is 0. The predicted octanol–water partition coefficient (Wildman–Crippen LogP) is 0.966. The van der Waals surface area contributed by atoms with E-state index in [2.05, 4.69) is 5.32 Å². The molecular weight excluding hydrogens is 238 g/mol. The van der Waals surface area contributed by atoms with Crippen molar-refractivity contribution in [2.75, 3.05) is 0 Å². The first-order valence-corrected chi connectivity index (χ1v) is 5.93. The standard InChI is InChI=1S/C12H21NO5/c1-7-9(12(5,16)6-8(14)17-7)13-10(15)18-11(2,3)4/h7,9,16H,6H2,1-5H3,(H,13,15)/t7-,9+,12+/m0/s1. The van der Waals surface area contributed by atoms with Crippen LogP contribution in [0.15, 0.2) is 0 Å². The minimum absolute atomic E-state index is 0.155. The van der Waals surface area contributed by atoms with Gasteiger partial charge in [-0.3, -0.25) is 4.79 Å². The van der Waals surface area contributed by atoms with Crippen LogP contribution in [0.3, 0.4) is 0 Å². The average molecular weight is 259 g/mol. The molecule has 6 nitrogen and oxygen atoms in total. The number of alkyl carbamates (subject to hydrolysis) is 1. The summed E-state index contributed by atoms with van der Waals surface area (Å²) in [6, 6.07) is -0.690. The topological polar surface area (TPSA) is 84.9 Å². The summed E-state index contributed by atoms with van der Waals surface area (Å²) in [4.78, 5) is 22.9. The number of rotatable bonds is 1. The van der Waals surface area contributed by atoms with E-state index in [-0.39, 0.29) is 6.42 Å². The van der Waals surface area contributed by atoms with Gasteiger partial charge in [0.15, 0.2) is 0 Å². The van der Waals surface area contributed by atoms with E-state index >= 15 is 0 Å². The van der Waals surface area contributed by atoms with Crippen molar-refractivity contribution in [3.63, 3.8) is 0 Å². The van der Waals surface area contributed by atoms with Crippen LogP contribution in [0.25, 0.3) is 0 Å². The van der Waals surface area contributed by atoms with Crippen LogP contribution in [-0.4, -0.2) is 40.5 Å². The number of hydrogen-bond acceptors (Lipinski definition) is 5. The third-order valence-corrected chi connectivity index (χ3v) is 2.63. The van der Waals surface area contributed by atoms with Gasteiger partial charge in [0.25, 0.3) is 0 Å². The highest BCUT2D eigenvalue weighted by Gasteiger charge is 2.45. The predicted molar refractivity (Wildman–Crippen MR) is 64.0 cm³/mol. The minimum Gasteiger partial charge on any atom is -0.460 e. The normalized spacial score (nSPS) is 32.7. The highest BCUT2D eigenvalue weighted by atomic mass is 16.6. The Hall–Kier alpha value is -1.30. The van der Waals surface area contributed by atoms with Crippen molar-refractivity contribution in [3.8, 4) is 0 Å². The summed E-state index contributed by atoms with van der Waals surface area (Å²) in [6.07, 6.45) is -1.40. The largest absolute Gasteiger partial charge is 0.460 e. The molecule has 0 aromatic carbocycles. The monoisotopic (exact) mass is 259 g/mol. The Labute approximate surface area is 107 Å². The number of cyclic esters (lactones) is 1. The lowest BCUT2D eigenvalue weighted by Gasteiger charge is -2.40. The van der Waals surface area contributed by atoms with Crippen LogP contribution in [0.2, 0.25) is 0 Å². The third-order valence-electron chi connectivity index (χ3n) is 2.63. The number of carbonyl (C=O) groups excluding carboxylic acids is 2. The van der Waals surface area contributed by atoms with Gasteiger partial charge >= 0.3 is 12.1 Å². The smallest absolute Gasteiger partial charge is 0.408 e. The van der Waals surface area contributed by atoms with E-state index in [1.807, 2.05) is 0 Å². The Morgan fingerprint density at radius 1 is 1.56 bits per heavy atom. The van der Waals surface area contributed by atoms with Crippen LogP contribution < -0.4 is 5.32 Å². The van der Waals surface area contributed by atoms with Gasteiger partial charge in [-0.1, -0.05) is 0 Å². The maximum absolute atomic E-state index is 11.7. The van der Waals surface area contributed by atoms with E-state index in [0.717, 1.165) is 0 Å². The SMILES string of the molecule is C[C@@H]1OC(=O)C[C@@](C)(O)[C@@H]1NC(=O)OC(C)(C)C. The molecule has 18 heavy (non-hydrogen) atoms. The van der Waals surface area contributed by atoms with Gasteiger partial charge in [0.1, 0.15) is 11.7 Å². The average Bonchev–Trinajstić information content (AvgIpc) is 2.07. The van der Waals surface area contributed by atoms with E-state index in [0.29, 0.717) is 0 Å². The highest BCUT2D eigenvalue weighted by Crippen LogP contribution is 2.26. The van der Waals surface area contributed by atoms with Gasteiger partial charge in [-0.25, -0.2) is 4.79 Å². The number of ether oxygens (including phenoxy) is 2. The Balaban J connectivity index is 2.70. The Morgan fingerprint density at radius 3 is 2.56 bits per heavy atom. The molecule has 0 aliphatic carbocycles. The molecule has 104 valence electrons. The fourth-order valence-corrected chi connectivity index (χ4v) is 1.93. The molecule has 0 radical (unpaired) electrons. The van der Waals surface area contributed by atoms with E-state index < -0.39 is 35.4 Å². The summed E-state index contributed by atoms with van der Waals surface area (Å²) < 4.78 is 10.1. The zero-order chi connectivity index (χ0) is 14.1. The summed E-state index contributed by atoms with van der Waals surface area (Å²) in [5, 5.41) is 12.7. The van der Waals surface area contributed by atoms with Gasteiger partial charge in [-0.15, -0.1) is 0 Å². The molecule has 6 heteroatoms. The van der Waals surface area contributed by atoms with Gasteiger partial charge in [-0.2, -0.15) is 0 Å². The number of aliphatic hydroxyl groups is 1. The molecule has 0 saturated carbocycles. The second kappa shape index (κ2) is 4.76. The second-order valence-electron chi connectivity index (χ2n) is 5.85. The first-order valence-electron chi connectivity index (χ1n) is 5.93. The highest BCUT2D eigenvalue weighted by molar-refractivity contribution is 5.73. The van der Waals surface area contributed by atoms with E-state index in [4.69, 9.17) is 9.47 Å². The molecule has 1 fully saturated rings. The van der Waals surface area contributed by atoms with Crippen LogP contribution in [0.1, 0.15) is 41.0 Å². The quantitative estimate of drug-likeness (QED) is 0.685. The van der Waals surface area contributed by atoms with Crippen LogP contribution in [0, 0.1) is 0 Å². The van der Waals surface area contributed by atoms with Crippen LogP contribution >= 0.6 is 0 Å². The van der Waals surface area contributed by atoms with Crippen LogP contribution in [0.5, 0.6) is 0 Å². The molecular formula is C12H21NO5. The second-order valence-corrected chi connectivity index (χ2v) is 5.85. The van der Waals surface area contributed by atoms with Gasteiger partial charge in [0, 0.05) is 0 Å². The first kappa shape index (κ1) is 14.8. The van der Waals surface area contributed by atoms with Crippen LogP contribution in [-0.2, 0) is 14.3 Å². The number of esters is 1. The van der Waals surface area contributed by atoms with Crippen molar-refractivity contribution in [2.45, 2.75) is 64.4 Å². The zero-order valence-corrected chi connectivity index (χ0v) is 11.4. The molecule has 3 atom stereocenters.